The van der Waals surface area contributed by atoms with E-state index in [9.17, 15) is 4.79 Å². The topological polar surface area (TPSA) is 46.3 Å². The second-order valence-corrected chi connectivity index (χ2v) is 5.98. The Morgan fingerprint density at radius 2 is 1.89 bits per heavy atom. The van der Waals surface area contributed by atoms with Crippen molar-refractivity contribution >= 4 is 5.91 Å². The summed E-state index contributed by atoms with van der Waals surface area (Å²) in [6.07, 6.45) is 8.84. The number of hydrogen-bond acceptors (Lipinski definition) is 2. The van der Waals surface area contributed by atoms with E-state index in [-0.39, 0.29) is 0 Å². The standard InChI is InChI=1S/C15H30N2O/c1-13(2)12-17(14-8-5-6-9-14)15(18)10-4-3-7-11-16/h13-14H,3-12,16H2,1-2H3. The number of hydrogen-bond donors (Lipinski definition) is 1. The Balaban J connectivity index is 2.39. The molecule has 0 saturated heterocycles. The molecular formula is C15H30N2O. The molecule has 0 aromatic rings. The average Bonchev–Trinajstić information content (AvgIpc) is 2.84. The van der Waals surface area contributed by atoms with Crippen LogP contribution in [0, 0.1) is 5.92 Å². The van der Waals surface area contributed by atoms with Gasteiger partial charge in [0.15, 0.2) is 0 Å². The van der Waals surface area contributed by atoms with Crippen LogP contribution >= 0.6 is 0 Å². The van der Waals surface area contributed by atoms with Crippen LogP contribution in [-0.4, -0.2) is 29.9 Å². The van der Waals surface area contributed by atoms with E-state index in [1.807, 2.05) is 0 Å². The second-order valence-electron chi connectivity index (χ2n) is 5.98. The van der Waals surface area contributed by atoms with Crippen molar-refractivity contribution in [1.29, 1.82) is 0 Å². The first-order valence-corrected chi connectivity index (χ1v) is 7.64. The fourth-order valence-corrected chi connectivity index (χ4v) is 2.80. The van der Waals surface area contributed by atoms with Crippen molar-refractivity contribution in [2.45, 2.75) is 71.3 Å². The van der Waals surface area contributed by atoms with Gasteiger partial charge in [-0.15, -0.1) is 0 Å². The Morgan fingerprint density at radius 3 is 2.44 bits per heavy atom. The lowest BCUT2D eigenvalue weighted by Crippen LogP contribution is -2.41. The molecule has 106 valence electrons. The SMILES string of the molecule is CC(C)CN(C(=O)CCCCCN)C1CCCC1. The summed E-state index contributed by atoms with van der Waals surface area (Å²) >= 11 is 0. The first-order valence-electron chi connectivity index (χ1n) is 7.64. The largest absolute Gasteiger partial charge is 0.339 e. The molecule has 1 amide bonds. The van der Waals surface area contributed by atoms with Crippen LogP contribution in [0.5, 0.6) is 0 Å². The van der Waals surface area contributed by atoms with Crippen LogP contribution < -0.4 is 5.73 Å². The zero-order valence-electron chi connectivity index (χ0n) is 12.2. The Labute approximate surface area is 112 Å². The lowest BCUT2D eigenvalue weighted by Gasteiger charge is -2.30. The van der Waals surface area contributed by atoms with Crippen LogP contribution in [0.4, 0.5) is 0 Å². The lowest BCUT2D eigenvalue weighted by molar-refractivity contribution is -0.134. The van der Waals surface area contributed by atoms with Gasteiger partial charge in [0.05, 0.1) is 0 Å². The summed E-state index contributed by atoms with van der Waals surface area (Å²) in [6, 6.07) is 0.523. The monoisotopic (exact) mass is 254 g/mol. The van der Waals surface area contributed by atoms with Crippen LogP contribution in [0.25, 0.3) is 0 Å². The molecule has 3 nitrogen and oxygen atoms in total. The average molecular weight is 254 g/mol. The summed E-state index contributed by atoms with van der Waals surface area (Å²) in [5.41, 5.74) is 5.48. The molecule has 0 bridgehead atoms. The normalized spacial score (nSPS) is 16.4. The first kappa shape index (κ1) is 15.5. The Hall–Kier alpha value is -0.570. The molecule has 0 atom stereocenters. The number of carbonyl (C=O) groups is 1. The van der Waals surface area contributed by atoms with Gasteiger partial charge < -0.3 is 10.6 Å². The van der Waals surface area contributed by atoms with Gasteiger partial charge in [-0.25, -0.2) is 0 Å². The lowest BCUT2D eigenvalue weighted by atomic mass is 10.1. The van der Waals surface area contributed by atoms with Gasteiger partial charge in [0.25, 0.3) is 0 Å². The van der Waals surface area contributed by atoms with Crippen molar-refractivity contribution in [2.24, 2.45) is 11.7 Å². The number of carbonyl (C=O) groups excluding carboxylic acids is 1. The van der Waals surface area contributed by atoms with E-state index in [1.54, 1.807) is 0 Å². The molecule has 0 heterocycles. The van der Waals surface area contributed by atoms with Crippen molar-refractivity contribution in [2.75, 3.05) is 13.1 Å². The molecule has 1 aliphatic rings. The van der Waals surface area contributed by atoms with Gasteiger partial charge >= 0.3 is 0 Å². The van der Waals surface area contributed by atoms with Gasteiger partial charge in [-0.2, -0.15) is 0 Å². The molecule has 2 N–H and O–H groups in total. The summed E-state index contributed by atoms with van der Waals surface area (Å²) in [5, 5.41) is 0. The summed E-state index contributed by atoms with van der Waals surface area (Å²) < 4.78 is 0. The minimum Gasteiger partial charge on any atom is -0.339 e. The molecule has 1 saturated carbocycles. The van der Waals surface area contributed by atoms with Crippen molar-refractivity contribution in [3.05, 3.63) is 0 Å². The number of amides is 1. The summed E-state index contributed by atoms with van der Waals surface area (Å²) in [4.78, 5) is 14.5. The molecule has 0 radical (unpaired) electrons. The Kier molecular flexibility index (Phi) is 7.33. The highest BCUT2D eigenvalue weighted by atomic mass is 16.2. The highest BCUT2D eigenvalue weighted by Crippen LogP contribution is 2.25. The molecule has 1 aliphatic carbocycles. The number of nitrogens with zero attached hydrogens (tertiary/aromatic N) is 1. The summed E-state index contributed by atoms with van der Waals surface area (Å²) in [7, 11) is 0. The van der Waals surface area contributed by atoms with Crippen LogP contribution in [-0.2, 0) is 4.79 Å². The molecule has 0 aromatic carbocycles. The van der Waals surface area contributed by atoms with Gasteiger partial charge in [-0.1, -0.05) is 33.1 Å². The van der Waals surface area contributed by atoms with Gasteiger partial charge in [0.2, 0.25) is 5.91 Å². The molecule has 1 fully saturated rings. The summed E-state index contributed by atoms with van der Waals surface area (Å²) in [5.74, 6) is 0.936. The van der Waals surface area contributed by atoms with Gasteiger partial charge in [0, 0.05) is 19.0 Å². The predicted molar refractivity (Wildman–Crippen MR) is 76.3 cm³/mol. The Morgan fingerprint density at radius 1 is 1.22 bits per heavy atom. The second kappa shape index (κ2) is 8.52. The third-order valence-corrected chi connectivity index (χ3v) is 3.74. The van der Waals surface area contributed by atoms with E-state index in [4.69, 9.17) is 5.73 Å². The minimum absolute atomic E-state index is 0.368. The Bertz CT molecular complexity index is 235. The van der Waals surface area contributed by atoms with Crippen LogP contribution in [0.2, 0.25) is 0 Å². The molecule has 0 aliphatic heterocycles. The predicted octanol–water partition coefficient (Wildman–Crippen LogP) is 2.93. The van der Waals surface area contributed by atoms with Gasteiger partial charge in [-0.3, -0.25) is 4.79 Å². The van der Waals surface area contributed by atoms with Crippen molar-refractivity contribution in [3.63, 3.8) is 0 Å². The molecule has 0 aromatic heterocycles. The van der Waals surface area contributed by atoms with Crippen molar-refractivity contribution < 1.29 is 4.79 Å². The number of nitrogens with two attached hydrogens (primary N) is 1. The van der Waals surface area contributed by atoms with Crippen molar-refractivity contribution in [1.82, 2.24) is 4.90 Å². The third kappa shape index (κ3) is 5.38. The van der Waals surface area contributed by atoms with Crippen molar-refractivity contribution in [3.8, 4) is 0 Å². The molecule has 1 rings (SSSR count). The van der Waals surface area contributed by atoms with Crippen LogP contribution in [0.15, 0.2) is 0 Å². The first-order chi connectivity index (χ1) is 8.65. The van der Waals surface area contributed by atoms with E-state index < -0.39 is 0 Å². The molecule has 0 unspecified atom stereocenters. The van der Waals surface area contributed by atoms with Crippen LogP contribution in [0.1, 0.15) is 65.2 Å². The van der Waals surface area contributed by atoms with Gasteiger partial charge in [0.1, 0.15) is 0 Å². The maximum absolute atomic E-state index is 12.3. The number of unbranched alkanes of at least 4 members (excludes halogenated alkanes) is 2. The summed E-state index contributed by atoms with van der Waals surface area (Å²) in [6.45, 7) is 6.07. The molecule has 0 spiro atoms. The maximum atomic E-state index is 12.3. The van der Waals surface area contributed by atoms with E-state index in [1.165, 1.54) is 25.7 Å². The van der Waals surface area contributed by atoms with E-state index in [2.05, 4.69) is 18.7 Å². The van der Waals surface area contributed by atoms with Gasteiger partial charge in [-0.05, 0) is 38.1 Å². The maximum Gasteiger partial charge on any atom is 0.222 e. The number of rotatable bonds is 8. The molecular weight excluding hydrogens is 224 g/mol. The third-order valence-electron chi connectivity index (χ3n) is 3.74. The quantitative estimate of drug-likeness (QED) is 0.677. The van der Waals surface area contributed by atoms with E-state index in [0.717, 1.165) is 32.4 Å². The fraction of sp³-hybridized carbons (Fsp3) is 0.933. The van der Waals surface area contributed by atoms with E-state index in [0.29, 0.717) is 24.3 Å². The fourth-order valence-electron chi connectivity index (χ4n) is 2.80. The minimum atomic E-state index is 0.368. The smallest absolute Gasteiger partial charge is 0.222 e. The molecule has 3 heteroatoms. The molecule has 18 heavy (non-hydrogen) atoms. The highest BCUT2D eigenvalue weighted by Gasteiger charge is 2.26. The zero-order chi connectivity index (χ0) is 13.4. The highest BCUT2D eigenvalue weighted by molar-refractivity contribution is 5.76. The van der Waals surface area contributed by atoms with Crippen LogP contribution in [0.3, 0.4) is 0 Å². The van der Waals surface area contributed by atoms with E-state index >= 15 is 0 Å². The zero-order valence-corrected chi connectivity index (χ0v) is 12.2.